The third-order valence-corrected chi connectivity index (χ3v) is 4.96. The molecule has 5 nitrogen and oxygen atoms in total. The van der Waals surface area contributed by atoms with Crippen molar-refractivity contribution in [1.82, 2.24) is 10.3 Å². The highest BCUT2D eigenvalue weighted by atomic mass is 127. The normalized spacial score (nSPS) is 12.5. The molecule has 1 aromatic carbocycles. The van der Waals surface area contributed by atoms with Crippen molar-refractivity contribution in [2.45, 2.75) is 19.5 Å². The summed E-state index contributed by atoms with van der Waals surface area (Å²) < 4.78 is 5.33. The van der Waals surface area contributed by atoms with Gasteiger partial charge in [0.15, 0.2) is 16.7 Å². The number of thiazole rings is 1. The predicted octanol–water partition coefficient (Wildman–Crippen LogP) is 5.49. The van der Waals surface area contributed by atoms with E-state index in [1.54, 1.807) is 18.4 Å². The largest absolute Gasteiger partial charge is 0.462 e. The van der Waals surface area contributed by atoms with Gasteiger partial charge in [0, 0.05) is 15.4 Å². The molecule has 0 saturated heterocycles. The quantitative estimate of drug-likeness (QED) is 0.264. The fourth-order valence-corrected chi connectivity index (χ4v) is 3.61. The van der Waals surface area contributed by atoms with E-state index in [0.29, 0.717) is 22.5 Å². The molecule has 0 aliphatic rings. The van der Waals surface area contributed by atoms with Crippen LogP contribution < -0.4 is 11.1 Å². The Morgan fingerprint density at radius 2 is 2.19 bits per heavy atom. The SMILES string of the molecule is CC(NC(N)=NCc1csc(-c2ccco2)n1)c1ccc(Cl)cc1Cl.I. The molecule has 1 atom stereocenters. The van der Waals surface area contributed by atoms with E-state index in [1.165, 1.54) is 11.3 Å². The van der Waals surface area contributed by atoms with Crippen molar-refractivity contribution in [2.24, 2.45) is 10.7 Å². The van der Waals surface area contributed by atoms with Crippen LogP contribution in [-0.2, 0) is 6.54 Å². The number of rotatable bonds is 5. The number of furan rings is 1. The molecule has 9 heteroatoms. The zero-order chi connectivity index (χ0) is 17.8. The molecule has 138 valence electrons. The smallest absolute Gasteiger partial charge is 0.189 e. The van der Waals surface area contributed by atoms with Crippen LogP contribution in [0.5, 0.6) is 0 Å². The minimum Gasteiger partial charge on any atom is -0.462 e. The molecule has 0 radical (unpaired) electrons. The molecule has 2 heterocycles. The summed E-state index contributed by atoms with van der Waals surface area (Å²) in [6, 6.07) is 8.97. The number of hydrogen-bond donors (Lipinski definition) is 2. The van der Waals surface area contributed by atoms with Crippen LogP contribution in [0.25, 0.3) is 10.8 Å². The van der Waals surface area contributed by atoms with Gasteiger partial charge in [0.1, 0.15) is 0 Å². The summed E-state index contributed by atoms with van der Waals surface area (Å²) in [6.45, 7) is 2.34. The molecule has 3 rings (SSSR count). The summed E-state index contributed by atoms with van der Waals surface area (Å²) in [5.41, 5.74) is 7.70. The zero-order valence-corrected chi connectivity index (χ0v) is 18.4. The first kappa shape index (κ1) is 21.0. The molecule has 0 saturated carbocycles. The standard InChI is InChI=1S/C17H16Cl2N4OS.HI/c1-10(13-5-4-11(18)7-14(13)19)22-17(20)21-8-12-9-25-16(23-12)15-3-2-6-24-15;/h2-7,9-10H,8H2,1H3,(H3,20,21,22);1H. The Bertz CT molecular complexity index is 883. The van der Waals surface area contributed by atoms with Gasteiger partial charge in [0.05, 0.1) is 24.5 Å². The Hall–Kier alpha value is -1.29. The minimum absolute atomic E-state index is 0. The van der Waals surface area contributed by atoms with Crippen LogP contribution in [0.3, 0.4) is 0 Å². The van der Waals surface area contributed by atoms with Crippen LogP contribution in [0.4, 0.5) is 0 Å². The topological polar surface area (TPSA) is 76.4 Å². The first-order chi connectivity index (χ1) is 12.0. The fraction of sp³-hybridized carbons (Fsp3) is 0.176. The maximum Gasteiger partial charge on any atom is 0.189 e. The summed E-state index contributed by atoms with van der Waals surface area (Å²) in [5, 5.41) is 7.06. The molecule has 0 fully saturated rings. The molecular formula is C17H17Cl2IN4OS. The number of guanidine groups is 1. The summed E-state index contributed by atoms with van der Waals surface area (Å²) in [5.74, 6) is 1.07. The highest BCUT2D eigenvalue weighted by Gasteiger charge is 2.11. The van der Waals surface area contributed by atoms with E-state index in [0.717, 1.165) is 22.0 Å². The van der Waals surface area contributed by atoms with Crippen molar-refractivity contribution < 1.29 is 4.42 Å². The van der Waals surface area contributed by atoms with Gasteiger partial charge < -0.3 is 15.5 Å². The van der Waals surface area contributed by atoms with Crippen molar-refractivity contribution in [3.63, 3.8) is 0 Å². The number of aromatic nitrogens is 1. The second-order valence-electron chi connectivity index (χ2n) is 5.35. The molecule has 3 aromatic rings. The highest BCUT2D eigenvalue weighted by Crippen LogP contribution is 2.26. The Balaban J connectivity index is 0.00000243. The molecule has 2 aromatic heterocycles. The van der Waals surface area contributed by atoms with Crippen LogP contribution in [-0.4, -0.2) is 10.9 Å². The minimum atomic E-state index is -0.0948. The number of nitrogens with two attached hydrogens (primary N) is 1. The van der Waals surface area contributed by atoms with Crippen LogP contribution >= 0.6 is 58.5 Å². The lowest BCUT2D eigenvalue weighted by Crippen LogP contribution is -2.34. The van der Waals surface area contributed by atoms with Crippen LogP contribution in [0.15, 0.2) is 51.4 Å². The number of benzene rings is 1. The summed E-state index contributed by atoms with van der Waals surface area (Å²) in [7, 11) is 0. The molecule has 1 unspecified atom stereocenters. The number of nitrogens with one attached hydrogen (secondary N) is 1. The van der Waals surface area contributed by atoms with Gasteiger partial charge in [-0.1, -0.05) is 29.3 Å². The third kappa shape index (κ3) is 5.35. The molecule has 0 aliphatic carbocycles. The van der Waals surface area contributed by atoms with Crippen molar-refractivity contribution in [3.8, 4) is 10.8 Å². The number of nitrogens with zero attached hydrogens (tertiary/aromatic N) is 2. The van der Waals surface area contributed by atoms with E-state index in [4.69, 9.17) is 33.4 Å². The Morgan fingerprint density at radius 1 is 1.38 bits per heavy atom. The van der Waals surface area contributed by atoms with Crippen LogP contribution in [0.1, 0.15) is 24.2 Å². The molecule has 0 spiro atoms. The van der Waals surface area contributed by atoms with Crippen LogP contribution in [0.2, 0.25) is 10.0 Å². The maximum absolute atomic E-state index is 6.21. The van der Waals surface area contributed by atoms with Crippen molar-refractivity contribution in [2.75, 3.05) is 0 Å². The summed E-state index contributed by atoms with van der Waals surface area (Å²) >= 11 is 13.6. The van der Waals surface area contributed by atoms with Gasteiger partial charge in [-0.2, -0.15) is 0 Å². The van der Waals surface area contributed by atoms with Gasteiger partial charge >= 0.3 is 0 Å². The van der Waals surface area contributed by atoms with Gasteiger partial charge in [-0.05, 0) is 36.8 Å². The average molecular weight is 523 g/mol. The number of aliphatic imine (C=N–C) groups is 1. The van der Waals surface area contributed by atoms with E-state index in [-0.39, 0.29) is 30.0 Å². The molecule has 0 amide bonds. The van der Waals surface area contributed by atoms with E-state index >= 15 is 0 Å². The van der Waals surface area contributed by atoms with Gasteiger partial charge in [0.2, 0.25) is 0 Å². The first-order valence-corrected chi connectivity index (χ1v) is 9.16. The van der Waals surface area contributed by atoms with Gasteiger partial charge in [-0.15, -0.1) is 35.3 Å². The lowest BCUT2D eigenvalue weighted by molar-refractivity contribution is 0.581. The van der Waals surface area contributed by atoms with Crippen molar-refractivity contribution in [1.29, 1.82) is 0 Å². The monoisotopic (exact) mass is 522 g/mol. The Morgan fingerprint density at radius 3 is 2.88 bits per heavy atom. The molecule has 26 heavy (non-hydrogen) atoms. The molecular weight excluding hydrogens is 506 g/mol. The average Bonchev–Trinajstić information content (AvgIpc) is 3.24. The zero-order valence-electron chi connectivity index (χ0n) is 13.8. The van der Waals surface area contributed by atoms with Gasteiger partial charge in [-0.3, -0.25) is 0 Å². The van der Waals surface area contributed by atoms with Crippen molar-refractivity contribution >= 4 is 64.5 Å². The fourth-order valence-electron chi connectivity index (χ4n) is 2.26. The lowest BCUT2D eigenvalue weighted by atomic mass is 10.1. The Labute approximate surface area is 182 Å². The molecule has 3 N–H and O–H groups in total. The van der Waals surface area contributed by atoms with E-state index in [1.807, 2.05) is 30.5 Å². The summed E-state index contributed by atoms with van der Waals surface area (Å²) in [6.07, 6.45) is 1.62. The predicted molar refractivity (Wildman–Crippen MR) is 119 cm³/mol. The number of hydrogen-bond acceptors (Lipinski definition) is 4. The van der Waals surface area contributed by atoms with Crippen LogP contribution in [0, 0.1) is 0 Å². The second kappa shape index (κ2) is 9.59. The molecule has 0 aliphatic heterocycles. The maximum atomic E-state index is 6.21. The molecule has 0 bridgehead atoms. The highest BCUT2D eigenvalue weighted by molar-refractivity contribution is 14.0. The number of halogens is 3. The van der Waals surface area contributed by atoms with E-state index < -0.39 is 0 Å². The Kier molecular flexibility index (Phi) is 7.75. The first-order valence-electron chi connectivity index (χ1n) is 7.52. The van der Waals surface area contributed by atoms with Crippen molar-refractivity contribution in [3.05, 3.63) is 63.3 Å². The van der Waals surface area contributed by atoms with E-state index in [9.17, 15) is 0 Å². The van der Waals surface area contributed by atoms with Gasteiger partial charge in [0.25, 0.3) is 0 Å². The lowest BCUT2D eigenvalue weighted by Gasteiger charge is -2.16. The third-order valence-electron chi connectivity index (χ3n) is 3.49. The van der Waals surface area contributed by atoms with Gasteiger partial charge in [-0.25, -0.2) is 9.98 Å². The van der Waals surface area contributed by atoms with E-state index in [2.05, 4.69) is 15.3 Å². The second-order valence-corrected chi connectivity index (χ2v) is 7.06. The summed E-state index contributed by atoms with van der Waals surface area (Å²) in [4.78, 5) is 8.81.